The molecule has 0 bridgehead atoms. The van der Waals surface area contributed by atoms with Gasteiger partial charge in [-0.1, -0.05) is 0 Å². The van der Waals surface area contributed by atoms with Crippen molar-refractivity contribution in [2.45, 2.75) is 26.1 Å². The fourth-order valence-corrected chi connectivity index (χ4v) is 2.34. The topological polar surface area (TPSA) is 70.2 Å². The molecule has 0 aromatic heterocycles. The van der Waals surface area contributed by atoms with E-state index in [1.165, 1.54) is 7.05 Å². The summed E-state index contributed by atoms with van der Waals surface area (Å²) in [4.78, 5) is 38.5. The molecule has 0 aromatic carbocycles. The molecule has 0 aromatic rings. The highest BCUT2D eigenvalue weighted by Crippen LogP contribution is 2.15. The summed E-state index contributed by atoms with van der Waals surface area (Å²) < 4.78 is 5.57. The van der Waals surface area contributed by atoms with E-state index >= 15 is 0 Å². The van der Waals surface area contributed by atoms with E-state index < -0.39 is 17.8 Å². The smallest absolute Gasteiger partial charge is 0.335 e. The molecule has 18 heavy (non-hydrogen) atoms. The van der Waals surface area contributed by atoms with Crippen molar-refractivity contribution >= 4 is 17.8 Å². The average Bonchev–Trinajstić information content (AvgIpc) is 2.46. The van der Waals surface area contributed by atoms with E-state index in [-0.39, 0.29) is 18.9 Å². The van der Waals surface area contributed by atoms with Gasteiger partial charge in [-0.15, -0.1) is 0 Å². The van der Waals surface area contributed by atoms with Crippen molar-refractivity contribution in [1.29, 1.82) is 0 Å². The molecule has 2 heterocycles. The van der Waals surface area contributed by atoms with E-state index in [9.17, 15) is 14.4 Å². The highest BCUT2D eigenvalue weighted by atomic mass is 16.5. The van der Waals surface area contributed by atoms with Crippen LogP contribution in [0.4, 0.5) is 4.79 Å². The zero-order valence-corrected chi connectivity index (χ0v) is 10.8. The highest BCUT2D eigenvalue weighted by Gasteiger charge is 2.43. The van der Waals surface area contributed by atoms with Crippen LogP contribution in [0.25, 0.3) is 0 Å². The molecular formula is C11H17N3O4. The van der Waals surface area contributed by atoms with E-state index in [1.54, 1.807) is 0 Å². The molecule has 0 aliphatic carbocycles. The second-order valence-electron chi connectivity index (χ2n) is 4.81. The molecule has 0 saturated carbocycles. The Bertz CT molecular complexity index is 388. The molecule has 0 spiro atoms. The molecular weight excluding hydrogens is 238 g/mol. The Hall–Kier alpha value is -1.47. The van der Waals surface area contributed by atoms with Crippen molar-refractivity contribution in [2.75, 3.05) is 26.8 Å². The Morgan fingerprint density at radius 1 is 1.11 bits per heavy atom. The molecule has 100 valence electrons. The number of hydrogen-bond donors (Lipinski definition) is 0. The number of nitrogens with zero attached hydrogens (tertiary/aromatic N) is 3. The van der Waals surface area contributed by atoms with Crippen molar-refractivity contribution in [3.8, 4) is 0 Å². The van der Waals surface area contributed by atoms with E-state index in [0.29, 0.717) is 13.1 Å². The third-order valence-corrected chi connectivity index (χ3v) is 3.09. The molecule has 0 unspecified atom stereocenters. The summed E-state index contributed by atoms with van der Waals surface area (Å²) in [6, 6.07) is -0.559. The normalized spacial score (nSPS) is 30.5. The number of ether oxygens (including phenoxy) is 1. The number of carbonyl (C=O) groups excluding carboxylic acids is 3. The first kappa shape index (κ1) is 13.0. The highest BCUT2D eigenvalue weighted by molar-refractivity contribution is 6.44. The number of likely N-dealkylation sites (N-methyl/N-ethyl adjacent to an activating group) is 1. The molecule has 2 aliphatic heterocycles. The minimum absolute atomic E-state index is 0.0509. The zero-order valence-electron chi connectivity index (χ0n) is 10.8. The van der Waals surface area contributed by atoms with Crippen molar-refractivity contribution in [3.05, 3.63) is 0 Å². The van der Waals surface area contributed by atoms with Gasteiger partial charge in [0.1, 0.15) is 0 Å². The number of rotatable bonds is 2. The van der Waals surface area contributed by atoms with Gasteiger partial charge in [0, 0.05) is 20.1 Å². The minimum Gasteiger partial charge on any atom is -0.373 e. The maximum Gasteiger partial charge on any atom is 0.335 e. The number of amides is 4. The molecule has 2 aliphatic rings. The molecule has 2 atom stereocenters. The van der Waals surface area contributed by atoms with Crippen LogP contribution in [0.15, 0.2) is 0 Å². The largest absolute Gasteiger partial charge is 0.373 e. The molecule has 2 rings (SSSR count). The molecule has 0 N–H and O–H groups in total. The molecule has 7 heteroatoms. The number of morpholine rings is 1. The Morgan fingerprint density at radius 3 is 2.11 bits per heavy atom. The van der Waals surface area contributed by atoms with Crippen LogP contribution in [0, 0.1) is 0 Å². The quantitative estimate of drug-likeness (QED) is 0.490. The van der Waals surface area contributed by atoms with E-state index in [0.717, 1.165) is 9.80 Å². The van der Waals surface area contributed by atoms with Gasteiger partial charge in [-0.25, -0.2) is 9.69 Å². The van der Waals surface area contributed by atoms with Crippen molar-refractivity contribution < 1.29 is 19.1 Å². The first-order valence-electron chi connectivity index (χ1n) is 5.91. The summed E-state index contributed by atoms with van der Waals surface area (Å²) in [5.41, 5.74) is 0. The predicted octanol–water partition coefficient (Wildman–Crippen LogP) is -0.526. The molecule has 2 saturated heterocycles. The zero-order chi connectivity index (χ0) is 13.4. The fourth-order valence-electron chi connectivity index (χ4n) is 2.34. The third-order valence-electron chi connectivity index (χ3n) is 3.09. The summed E-state index contributed by atoms with van der Waals surface area (Å²) in [6.07, 6.45) is 0.102. The first-order chi connectivity index (χ1) is 8.40. The Labute approximate surface area is 105 Å². The van der Waals surface area contributed by atoms with Crippen molar-refractivity contribution in [2.24, 2.45) is 0 Å². The van der Waals surface area contributed by atoms with Gasteiger partial charge in [-0.2, -0.15) is 0 Å². The van der Waals surface area contributed by atoms with Gasteiger partial charge in [0.25, 0.3) is 0 Å². The van der Waals surface area contributed by atoms with Gasteiger partial charge in [0.15, 0.2) is 0 Å². The second-order valence-corrected chi connectivity index (χ2v) is 4.81. The number of urea groups is 1. The summed E-state index contributed by atoms with van der Waals surface area (Å²) in [6.45, 7) is 5.30. The van der Waals surface area contributed by atoms with E-state index in [4.69, 9.17) is 4.74 Å². The van der Waals surface area contributed by atoms with Crippen LogP contribution in [-0.2, 0) is 14.3 Å². The van der Waals surface area contributed by atoms with Crippen LogP contribution < -0.4 is 0 Å². The first-order valence-corrected chi connectivity index (χ1v) is 5.91. The van der Waals surface area contributed by atoms with Crippen LogP contribution in [-0.4, -0.2) is 71.6 Å². The molecule has 0 radical (unpaired) electrons. The third kappa shape index (κ3) is 2.23. The predicted molar refractivity (Wildman–Crippen MR) is 61.5 cm³/mol. The molecule has 4 amide bonds. The SMILES string of the molecule is C[C@@H]1CN(CN2C(=O)C(=O)N(C)C2=O)C[C@H](C)O1. The maximum atomic E-state index is 11.7. The van der Waals surface area contributed by atoms with E-state index in [1.807, 2.05) is 18.7 Å². The summed E-state index contributed by atoms with van der Waals surface area (Å²) in [7, 11) is 1.31. The monoisotopic (exact) mass is 255 g/mol. The van der Waals surface area contributed by atoms with Crippen LogP contribution >= 0.6 is 0 Å². The van der Waals surface area contributed by atoms with Gasteiger partial charge >= 0.3 is 17.8 Å². The lowest BCUT2D eigenvalue weighted by atomic mass is 10.2. The van der Waals surface area contributed by atoms with Crippen LogP contribution in [0.2, 0.25) is 0 Å². The van der Waals surface area contributed by atoms with Gasteiger partial charge < -0.3 is 4.74 Å². The lowest BCUT2D eigenvalue weighted by molar-refractivity contribution is -0.144. The number of carbonyl (C=O) groups is 3. The minimum atomic E-state index is -0.769. The van der Waals surface area contributed by atoms with E-state index in [2.05, 4.69) is 0 Å². The van der Waals surface area contributed by atoms with Gasteiger partial charge in [-0.05, 0) is 13.8 Å². The van der Waals surface area contributed by atoms with Gasteiger partial charge in [0.05, 0.1) is 18.9 Å². The summed E-state index contributed by atoms with van der Waals surface area (Å²) in [5, 5.41) is 0. The lowest BCUT2D eigenvalue weighted by Gasteiger charge is -2.36. The van der Waals surface area contributed by atoms with Crippen LogP contribution in [0.1, 0.15) is 13.8 Å². The van der Waals surface area contributed by atoms with Crippen molar-refractivity contribution in [1.82, 2.24) is 14.7 Å². The average molecular weight is 255 g/mol. The van der Waals surface area contributed by atoms with Gasteiger partial charge in [0.2, 0.25) is 0 Å². The van der Waals surface area contributed by atoms with Crippen LogP contribution in [0.5, 0.6) is 0 Å². The standard InChI is InChI=1S/C11H17N3O4/c1-7-4-13(5-8(2)18-7)6-14-10(16)9(15)12(3)11(14)17/h7-8H,4-6H2,1-3H3/t7-,8+. The molecule has 2 fully saturated rings. The summed E-state index contributed by atoms with van der Waals surface area (Å²) in [5.74, 6) is -1.52. The summed E-state index contributed by atoms with van der Waals surface area (Å²) >= 11 is 0. The number of imide groups is 2. The fraction of sp³-hybridized carbons (Fsp3) is 0.727. The van der Waals surface area contributed by atoms with Crippen molar-refractivity contribution in [3.63, 3.8) is 0 Å². The van der Waals surface area contributed by atoms with Crippen LogP contribution in [0.3, 0.4) is 0 Å². The van der Waals surface area contributed by atoms with Gasteiger partial charge in [-0.3, -0.25) is 19.4 Å². The second kappa shape index (κ2) is 4.66. The lowest BCUT2D eigenvalue weighted by Crippen LogP contribution is -2.51. The Balaban J connectivity index is 2.03. The number of hydrogen-bond acceptors (Lipinski definition) is 5. The molecule has 7 nitrogen and oxygen atoms in total. The Kier molecular flexibility index (Phi) is 3.36. The maximum absolute atomic E-state index is 11.7. The Morgan fingerprint density at radius 2 is 1.67 bits per heavy atom.